The number of carbonyl (C=O) groups is 1. The van der Waals surface area contributed by atoms with Crippen molar-refractivity contribution in [3.63, 3.8) is 0 Å². The second-order valence-electron chi connectivity index (χ2n) is 8.56. The van der Waals surface area contributed by atoms with E-state index in [-0.39, 0.29) is 29.9 Å². The summed E-state index contributed by atoms with van der Waals surface area (Å²) in [7, 11) is 0. The lowest BCUT2D eigenvalue weighted by atomic mass is 10.1. The fourth-order valence-corrected chi connectivity index (χ4v) is 4.37. The van der Waals surface area contributed by atoms with Gasteiger partial charge in [-0.25, -0.2) is 15.1 Å². The normalized spacial score (nSPS) is 19.1. The molecule has 0 bridgehead atoms. The number of hydrogen-bond donors (Lipinski definition) is 1. The molecule has 1 atom stereocenters. The highest BCUT2D eigenvalue weighted by atomic mass is 19.4. The number of nitrogens with zero attached hydrogens (tertiary/aromatic N) is 7. The number of anilines is 2. The van der Waals surface area contributed by atoms with E-state index in [1.807, 2.05) is 4.90 Å². The molecule has 0 unspecified atom stereocenters. The van der Waals surface area contributed by atoms with Gasteiger partial charge in [-0.05, 0) is 12.1 Å². The van der Waals surface area contributed by atoms with Gasteiger partial charge in [-0.2, -0.15) is 18.3 Å². The number of aromatic nitrogens is 5. The molecular formula is C22H23F3N8O3. The van der Waals surface area contributed by atoms with Crippen LogP contribution in [0.3, 0.4) is 0 Å². The summed E-state index contributed by atoms with van der Waals surface area (Å²) >= 11 is 0. The van der Waals surface area contributed by atoms with Crippen molar-refractivity contribution in [2.45, 2.75) is 18.7 Å². The summed E-state index contributed by atoms with van der Waals surface area (Å²) in [4.78, 5) is 42.2. The first-order chi connectivity index (χ1) is 17.3. The Kier molecular flexibility index (Phi) is 6.43. The number of pyridine rings is 1. The molecule has 14 heteroatoms. The molecule has 1 N–H and O–H groups in total. The van der Waals surface area contributed by atoms with Crippen LogP contribution in [0.4, 0.5) is 24.9 Å². The molecule has 5 rings (SSSR count). The van der Waals surface area contributed by atoms with Gasteiger partial charge in [0.15, 0.2) is 5.82 Å². The van der Waals surface area contributed by atoms with Crippen LogP contribution >= 0.6 is 0 Å². The zero-order valence-corrected chi connectivity index (χ0v) is 19.1. The molecule has 11 nitrogen and oxygen atoms in total. The van der Waals surface area contributed by atoms with Crippen LogP contribution in [-0.4, -0.2) is 87.9 Å². The van der Waals surface area contributed by atoms with E-state index in [0.29, 0.717) is 62.6 Å². The number of morpholine rings is 1. The Balaban J connectivity index is 1.18. The first-order valence-corrected chi connectivity index (χ1v) is 11.4. The van der Waals surface area contributed by atoms with Crippen LogP contribution in [0.15, 0.2) is 35.5 Å². The van der Waals surface area contributed by atoms with Crippen molar-refractivity contribution >= 4 is 28.6 Å². The average Bonchev–Trinajstić information content (AvgIpc) is 2.89. The SMILES string of the molecule is O=C(C[C@H]1CN(c2n[nH]c(=O)c3ncccc23)CCO1)N1CCN(c2ncc(C(F)(F)F)cn2)CC1. The van der Waals surface area contributed by atoms with Gasteiger partial charge < -0.3 is 19.4 Å². The first kappa shape index (κ1) is 23.9. The van der Waals surface area contributed by atoms with Crippen molar-refractivity contribution in [3.05, 3.63) is 46.6 Å². The number of hydrogen-bond acceptors (Lipinski definition) is 9. The quantitative estimate of drug-likeness (QED) is 0.556. The van der Waals surface area contributed by atoms with Gasteiger partial charge in [0.25, 0.3) is 5.56 Å². The van der Waals surface area contributed by atoms with E-state index in [4.69, 9.17) is 4.74 Å². The van der Waals surface area contributed by atoms with E-state index in [1.165, 1.54) is 0 Å². The van der Waals surface area contributed by atoms with Crippen molar-refractivity contribution < 1.29 is 22.7 Å². The molecule has 0 spiro atoms. The maximum Gasteiger partial charge on any atom is 0.419 e. The van der Waals surface area contributed by atoms with Gasteiger partial charge in [0, 0.05) is 57.9 Å². The van der Waals surface area contributed by atoms with Crippen molar-refractivity contribution in [1.82, 2.24) is 30.0 Å². The molecule has 3 aromatic rings. The number of ether oxygens (including phenoxy) is 1. The molecule has 0 saturated carbocycles. The summed E-state index contributed by atoms with van der Waals surface area (Å²) in [6.45, 7) is 3.01. The molecule has 5 heterocycles. The zero-order chi connectivity index (χ0) is 25.3. The summed E-state index contributed by atoms with van der Waals surface area (Å²) in [5, 5.41) is 7.32. The van der Waals surface area contributed by atoms with E-state index in [9.17, 15) is 22.8 Å². The van der Waals surface area contributed by atoms with Crippen LogP contribution in [-0.2, 0) is 15.7 Å². The second kappa shape index (κ2) is 9.68. The predicted octanol–water partition coefficient (Wildman–Crippen LogP) is 1.07. The molecule has 0 radical (unpaired) electrons. The number of aromatic amines is 1. The summed E-state index contributed by atoms with van der Waals surface area (Å²) in [5.41, 5.74) is -0.963. The number of nitrogens with one attached hydrogen (secondary N) is 1. The maximum atomic E-state index is 12.9. The van der Waals surface area contributed by atoms with Crippen LogP contribution in [0, 0.1) is 0 Å². The Bertz CT molecular complexity index is 1290. The standard InChI is InChI=1S/C22H23F3N8O3/c23-22(24,25)14-11-27-21(28-12-14)32-6-4-31(5-7-32)17(34)10-15-13-33(8-9-36-15)19-16-2-1-3-26-18(16)20(35)30-29-19/h1-3,11-12,15H,4-10,13H2,(H,30,35)/t15-/m0/s1. The summed E-state index contributed by atoms with van der Waals surface area (Å²) in [5.74, 6) is 0.718. The first-order valence-electron chi connectivity index (χ1n) is 11.4. The van der Waals surface area contributed by atoms with E-state index >= 15 is 0 Å². The number of rotatable bonds is 4. The smallest absolute Gasteiger partial charge is 0.374 e. The number of carbonyl (C=O) groups excluding carboxylic acids is 1. The number of amides is 1. The highest BCUT2D eigenvalue weighted by Crippen LogP contribution is 2.28. The molecular weight excluding hydrogens is 481 g/mol. The monoisotopic (exact) mass is 504 g/mol. The molecule has 190 valence electrons. The van der Waals surface area contributed by atoms with Crippen LogP contribution in [0.1, 0.15) is 12.0 Å². The molecule has 0 aromatic carbocycles. The van der Waals surface area contributed by atoms with Crippen LogP contribution in [0.2, 0.25) is 0 Å². The highest BCUT2D eigenvalue weighted by molar-refractivity contribution is 5.88. The molecule has 2 saturated heterocycles. The number of fused-ring (bicyclic) bond motifs is 1. The molecule has 36 heavy (non-hydrogen) atoms. The predicted molar refractivity (Wildman–Crippen MR) is 123 cm³/mol. The fraction of sp³-hybridized carbons (Fsp3) is 0.455. The third-order valence-corrected chi connectivity index (χ3v) is 6.25. The van der Waals surface area contributed by atoms with E-state index in [2.05, 4.69) is 25.1 Å². The maximum absolute atomic E-state index is 12.9. The number of piperazine rings is 1. The Labute approximate surface area is 202 Å². The lowest BCUT2D eigenvalue weighted by Crippen LogP contribution is -2.51. The van der Waals surface area contributed by atoms with Crippen LogP contribution in [0.25, 0.3) is 10.9 Å². The van der Waals surface area contributed by atoms with Gasteiger partial charge in [0.1, 0.15) is 5.52 Å². The third kappa shape index (κ3) is 4.94. The van der Waals surface area contributed by atoms with Crippen molar-refractivity contribution in [3.8, 4) is 0 Å². The molecule has 2 aliphatic heterocycles. The van der Waals surface area contributed by atoms with Gasteiger partial charge in [-0.15, -0.1) is 0 Å². The van der Waals surface area contributed by atoms with Gasteiger partial charge in [-0.1, -0.05) is 0 Å². The van der Waals surface area contributed by atoms with Crippen molar-refractivity contribution in [1.29, 1.82) is 0 Å². The van der Waals surface area contributed by atoms with E-state index in [0.717, 1.165) is 12.4 Å². The molecule has 1 amide bonds. The van der Waals surface area contributed by atoms with E-state index < -0.39 is 11.7 Å². The van der Waals surface area contributed by atoms with Crippen LogP contribution < -0.4 is 15.4 Å². The molecule has 3 aromatic heterocycles. The van der Waals surface area contributed by atoms with Crippen molar-refractivity contribution in [2.24, 2.45) is 0 Å². The topological polar surface area (TPSA) is 120 Å². The summed E-state index contributed by atoms with van der Waals surface area (Å²) < 4.78 is 44.0. The largest absolute Gasteiger partial charge is 0.419 e. The lowest BCUT2D eigenvalue weighted by molar-refractivity contribution is -0.138. The summed E-state index contributed by atoms with van der Waals surface area (Å²) in [6.07, 6.45) is -1.59. The number of alkyl halides is 3. The zero-order valence-electron chi connectivity index (χ0n) is 19.1. The van der Waals surface area contributed by atoms with E-state index in [1.54, 1.807) is 28.1 Å². The molecule has 2 aliphatic rings. The Morgan fingerprint density at radius 1 is 1.08 bits per heavy atom. The van der Waals surface area contributed by atoms with Gasteiger partial charge in [0.05, 0.1) is 30.1 Å². The average molecular weight is 504 g/mol. The minimum atomic E-state index is -4.49. The minimum Gasteiger partial charge on any atom is -0.374 e. The third-order valence-electron chi connectivity index (χ3n) is 6.25. The fourth-order valence-electron chi connectivity index (χ4n) is 4.37. The second-order valence-corrected chi connectivity index (χ2v) is 8.56. The Morgan fingerprint density at radius 3 is 2.56 bits per heavy atom. The van der Waals surface area contributed by atoms with Gasteiger partial charge in [-0.3, -0.25) is 14.6 Å². The summed E-state index contributed by atoms with van der Waals surface area (Å²) in [6, 6.07) is 3.53. The van der Waals surface area contributed by atoms with Crippen LogP contribution in [0.5, 0.6) is 0 Å². The molecule has 0 aliphatic carbocycles. The molecule has 2 fully saturated rings. The Hall–Kier alpha value is -3.81. The van der Waals surface area contributed by atoms with Gasteiger partial charge >= 0.3 is 6.18 Å². The highest BCUT2D eigenvalue weighted by Gasteiger charge is 2.32. The number of halogens is 3. The van der Waals surface area contributed by atoms with Gasteiger partial charge in [0.2, 0.25) is 11.9 Å². The Morgan fingerprint density at radius 2 is 1.83 bits per heavy atom. The van der Waals surface area contributed by atoms with Crippen molar-refractivity contribution in [2.75, 3.05) is 55.7 Å². The lowest BCUT2D eigenvalue weighted by Gasteiger charge is -2.37. The minimum absolute atomic E-state index is 0.0733. The number of H-pyrrole nitrogens is 1.